The Labute approximate surface area is 191 Å². The van der Waals surface area contributed by atoms with Gasteiger partial charge < -0.3 is 14.0 Å². The second-order valence-electron chi connectivity index (χ2n) is 8.48. The molecule has 0 saturated heterocycles. The van der Waals surface area contributed by atoms with Gasteiger partial charge in [-0.3, -0.25) is 0 Å². The highest BCUT2D eigenvalue weighted by molar-refractivity contribution is 6.20. The Kier molecular flexibility index (Phi) is 3.82. The first-order chi connectivity index (χ1) is 16.3. The zero-order chi connectivity index (χ0) is 21.9. The minimum absolute atomic E-state index is 0.736. The SMILES string of the molecule is CCc1ccc(-n2c3c4c(ccc3c3ccc5ccccc5c32)Oc2ccccc2O4)cc1. The molecule has 1 aromatic heterocycles. The van der Waals surface area contributed by atoms with Crippen molar-refractivity contribution in [3.8, 4) is 28.7 Å². The predicted octanol–water partition coefficient (Wildman–Crippen LogP) is 8.40. The Hall–Kier alpha value is -4.24. The summed E-state index contributed by atoms with van der Waals surface area (Å²) in [4.78, 5) is 0. The molecule has 0 atom stereocenters. The van der Waals surface area contributed by atoms with Crippen LogP contribution in [0.15, 0.2) is 97.1 Å². The lowest BCUT2D eigenvalue weighted by molar-refractivity contribution is 0.362. The summed E-state index contributed by atoms with van der Waals surface area (Å²) in [5, 5.41) is 4.79. The molecule has 0 spiro atoms. The van der Waals surface area contributed by atoms with Crippen molar-refractivity contribution in [2.75, 3.05) is 0 Å². The van der Waals surface area contributed by atoms with Gasteiger partial charge in [-0.05, 0) is 53.8 Å². The second kappa shape index (κ2) is 6.88. The summed E-state index contributed by atoms with van der Waals surface area (Å²) in [7, 11) is 0. The van der Waals surface area contributed by atoms with Crippen LogP contribution in [-0.2, 0) is 6.42 Å². The number of hydrogen-bond donors (Lipinski definition) is 0. The lowest BCUT2D eigenvalue weighted by Crippen LogP contribution is -2.02. The number of aryl methyl sites for hydroxylation is 1. The van der Waals surface area contributed by atoms with E-state index in [1.807, 2.05) is 30.3 Å². The highest BCUT2D eigenvalue weighted by Crippen LogP contribution is 2.51. The smallest absolute Gasteiger partial charge is 0.194 e. The van der Waals surface area contributed by atoms with Gasteiger partial charge in [-0.2, -0.15) is 0 Å². The van der Waals surface area contributed by atoms with Gasteiger partial charge in [-0.25, -0.2) is 0 Å². The van der Waals surface area contributed by atoms with Crippen LogP contribution in [-0.4, -0.2) is 4.57 Å². The first-order valence-corrected chi connectivity index (χ1v) is 11.3. The van der Waals surface area contributed by atoms with Gasteiger partial charge in [0, 0.05) is 21.8 Å². The number of benzene rings is 5. The highest BCUT2D eigenvalue weighted by Gasteiger charge is 2.26. The fourth-order valence-corrected chi connectivity index (χ4v) is 4.98. The van der Waals surface area contributed by atoms with Crippen molar-refractivity contribution in [1.29, 1.82) is 0 Å². The molecule has 0 aliphatic carbocycles. The van der Waals surface area contributed by atoms with Gasteiger partial charge in [-0.15, -0.1) is 0 Å². The Morgan fingerprint density at radius 3 is 2.09 bits per heavy atom. The van der Waals surface area contributed by atoms with Crippen molar-refractivity contribution in [2.24, 2.45) is 0 Å². The summed E-state index contributed by atoms with van der Waals surface area (Å²) in [5.74, 6) is 2.97. The van der Waals surface area contributed by atoms with Gasteiger partial charge in [-0.1, -0.05) is 67.6 Å². The molecule has 0 unspecified atom stereocenters. The van der Waals surface area contributed by atoms with Crippen LogP contribution in [0.5, 0.6) is 23.0 Å². The number of fused-ring (bicyclic) bond motifs is 8. The fraction of sp³-hybridized carbons (Fsp3) is 0.0667. The van der Waals surface area contributed by atoms with Crippen LogP contribution in [0.4, 0.5) is 0 Å². The molecule has 0 amide bonds. The Bertz CT molecular complexity index is 1690. The predicted molar refractivity (Wildman–Crippen MR) is 134 cm³/mol. The van der Waals surface area contributed by atoms with E-state index in [1.165, 1.54) is 27.2 Å². The second-order valence-corrected chi connectivity index (χ2v) is 8.48. The third kappa shape index (κ3) is 2.63. The summed E-state index contributed by atoms with van der Waals surface area (Å²) >= 11 is 0. The topological polar surface area (TPSA) is 23.4 Å². The van der Waals surface area contributed by atoms with Crippen molar-refractivity contribution in [2.45, 2.75) is 13.3 Å². The maximum atomic E-state index is 6.49. The first kappa shape index (κ1) is 18.3. The van der Waals surface area contributed by atoms with Crippen LogP contribution < -0.4 is 9.47 Å². The van der Waals surface area contributed by atoms with E-state index in [2.05, 4.69) is 78.2 Å². The number of rotatable bonds is 2. The van der Waals surface area contributed by atoms with Crippen molar-refractivity contribution < 1.29 is 9.47 Å². The number of hydrogen-bond acceptors (Lipinski definition) is 2. The van der Waals surface area contributed by atoms with Crippen LogP contribution in [0.25, 0.3) is 38.3 Å². The van der Waals surface area contributed by atoms with E-state index in [0.717, 1.165) is 46.0 Å². The summed E-state index contributed by atoms with van der Waals surface area (Å²) in [6, 6.07) is 33.8. The zero-order valence-electron chi connectivity index (χ0n) is 18.2. The van der Waals surface area contributed by atoms with Gasteiger partial charge in [0.15, 0.2) is 23.0 Å². The Morgan fingerprint density at radius 1 is 0.576 bits per heavy atom. The van der Waals surface area contributed by atoms with Crippen LogP contribution in [0.1, 0.15) is 12.5 Å². The van der Waals surface area contributed by atoms with E-state index in [1.54, 1.807) is 0 Å². The Balaban J connectivity index is 1.64. The maximum absolute atomic E-state index is 6.49. The molecule has 2 heterocycles. The van der Waals surface area contributed by atoms with E-state index in [4.69, 9.17) is 9.47 Å². The van der Waals surface area contributed by atoms with Crippen molar-refractivity contribution in [3.05, 3.63) is 103 Å². The molecule has 3 nitrogen and oxygen atoms in total. The average Bonchev–Trinajstić information content (AvgIpc) is 3.23. The molecular weight excluding hydrogens is 406 g/mol. The van der Waals surface area contributed by atoms with Crippen LogP contribution in [0, 0.1) is 0 Å². The molecule has 0 saturated carbocycles. The van der Waals surface area contributed by atoms with E-state index in [0.29, 0.717) is 0 Å². The third-order valence-electron chi connectivity index (χ3n) is 6.62. The van der Waals surface area contributed by atoms with E-state index >= 15 is 0 Å². The molecule has 7 rings (SSSR count). The number of para-hydroxylation sites is 2. The number of nitrogens with zero attached hydrogens (tertiary/aromatic N) is 1. The molecule has 1 aliphatic heterocycles. The van der Waals surface area contributed by atoms with Gasteiger partial charge in [0.25, 0.3) is 0 Å². The first-order valence-electron chi connectivity index (χ1n) is 11.3. The van der Waals surface area contributed by atoms with Crippen LogP contribution >= 0.6 is 0 Å². The van der Waals surface area contributed by atoms with Gasteiger partial charge in [0.05, 0.1) is 5.52 Å². The summed E-state index contributed by atoms with van der Waals surface area (Å²) < 4.78 is 15.1. The van der Waals surface area contributed by atoms with Crippen LogP contribution in [0.3, 0.4) is 0 Å². The van der Waals surface area contributed by atoms with Gasteiger partial charge in [0.2, 0.25) is 0 Å². The molecule has 1 aliphatic rings. The monoisotopic (exact) mass is 427 g/mol. The molecule has 3 heteroatoms. The van der Waals surface area contributed by atoms with Crippen molar-refractivity contribution >= 4 is 32.6 Å². The fourth-order valence-electron chi connectivity index (χ4n) is 4.98. The minimum atomic E-state index is 0.736. The van der Waals surface area contributed by atoms with E-state index in [9.17, 15) is 0 Å². The molecule has 0 bridgehead atoms. The highest BCUT2D eigenvalue weighted by atomic mass is 16.6. The lowest BCUT2D eigenvalue weighted by atomic mass is 10.1. The molecule has 5 aromatic carbocycles. The standard InChI is InChI=1S/C30H21NO2/c1-2-19-11-14-21(15-12-19)31-28-22-8-4-3-7-20(22)13-16-23(28)24-17-18-27-30(29(24)31)33-26-10-6-5-9-25(26)32-27/h3-18H,2H2,1H3. The molecule has 6 aromatic rings. The molecule has 0 fully saturated rings. The van der Waals surface area contributed by atoms with Gasteiger partial charge in [0.1, 0.15) is 5.52 Å². The molecular formula is C30H21NO2. The molecule has 33 heavy (non-hydrogen) atoms. The van der Waals surface area contributed by atoms with E-state index in [-0.39, 0.29) is 0 Å². The molecule has 158 valence electrons. The quantitative estimate of drug-likeness (QED) is 0.276. The molecule has 0 radical (unpaired) electrons. The Morgan fingerprint density at radius 2 is 1.27 bits per heavy atom. The van der Waals surface area contributed by atoms with Gasteiger partial charge >= 0.3 is 0 Å². The number of ether oxygens (including phenoxy) is 2. The third-order valence-corrected chi connectivity index (χ3v) is 6.62. The summed E-state index contributed by atoms with van der Waals surface area (Å²) in [5.41, 5.74) is 4.64. The number of aromatic nitrogens is 1. The largest absolute Gasteiger partial charge is 0.449 e. The lowest BCUT2D eigenvalue weighted by Gasteiger charge is -2.22. The van der Waals surface area contributed by atoms with E-state index < -0.39 is 0 Å². The maximum Gasteiger partial charge on any atom is 0.194 e. The van der Waals surface area contributed by atoms with Crippen molar-refractivity contribution in [3.63, 3.8) is 0 Å². The minimum Gasteiger partial charge on any atom is -0.449 e. The summed E-state index contributed by atoms with van der Waals surface area (Å²) in [6.45, 7) is 2.18. The van der Waals surface area contributed by atoms with Crippen molar-refractivity contribution in [1.82, 2.24) is 4.57 Å². The van der Waals surface area contributed by atoms with Crippen LogP contribution in [0.2, 0.25) is 0 Å². The zero-order valence-corrected chi connectivity index (χ0v) is 18.2. The average molecular weight is 428 g/mol. The summed E-state index contributed by atoms with van der Waals surface area (Å²) in [6.07, 6.45) is 1.01. The normalized spacial score (nSPS) is 12.4. The molecule has 0 N–H and O–H groups in total.